The van der Waals surface area contributed by atoms with Crippen LogP contribution in [0.4, 0.5) is 0 Å². The van der Waals surface area contributed by atoms with Crippen LogP contribution in [0.3, 0.4) is 0 Å². The van der Waals surface area contributed by atoms with Gasteiger partial charge in [-0.3, -0.25) is 14.4 Å². The molecular weight excluding hydrogens is 877 g/mol. The lowest BCUT2D eigenvalue weighted by molar-refractivity contribution is -0.167. The maximum absolute atomic E-state index is 12.8. The van der Waals surface area contributed by atoms with Gasteiger partial charge < -0.3 is 14.2 Å². The van der Waals surface area contributed by atoms with Gasteiger partial charge in [-0.15, -0.1) is 0 Å². The Kier molecular flexibility index (Phi) is 54.5. The smallest absolute Gasteiger partial charge is 0.306 e. The van der Waals surface area contributed by atoms with Gasteiger partial charge in [0.05, 0.1) is 0 Å². The maximum atomic E-state index is 12.8. The molecule has 0 bridgehead atoms. The van der Waals surface area contributed by atoms with Gasteiger partial charge in [0.15, 0.2) is 6.10 Å². The van der Waals surface area contributed by atoms with Crippen molar-refractivity contribution in [1.82, 2.24) is 0 Å². The van der Waals surface area contributed by atoms with E-state index in [1.54, 1.807) is 0 Å². The minimum Gasteiger partial charge on any atom is -0.462 e. The first-order valence-corrected chi connectivity index (χ1v) is 28.7. The molecule has 0 aromatic heterocycles. The molecule has 0 amide bonds. The molecule has 0 aliphatic heterocycles. The Morgan fingerprint density at radius 2 is 0.563 bits per heavy atom. The van der Waals surface area contributed by atoms with Crippen LogP contribution in [0.15, 0.2) is 134 Å². The molecule has 0 rings (SSSR count). The zero-order valence-corrected chi connectivity index (χ0v) is 45.7. The van der Waals surface area contributed by atoms with E-state index in [1.165, 1.54) is 51.4 Å². The fraction of sp³-hybridized carbons (Fsp3) is 0.615. The van der Waals surface area contributed by atoms with Gasteiger partial charge >= 0.3 is 17.9 Å². The number of unbranched alkanes of at least 4 members (excludes halogenated alkanes) is 17. The third kappa shape index (κ3) is 56.3. The maximum Gasteiger partial charge on any atom is 0.306 e. The van der Waals surface area contributed by atoms with Gasteiger partial charge in [-0.1, -0.05) is 238 Å². The number of carbonyl (C=O) groups excluding carboxylic acids is 3. The van der Waals surface area contributed by atoms with Crippen molar-refractivity contribution in [1.29, 1.82) is 0 Å². The summed E-state index contributed by atoms with van der Waals surface area (Å²) in [7, 11) is 0. The minimum atomic E-state index is -0.800. The van der Waals surface area contributed by atoms with Gasteiger partial charge in [0, 0.05) is 19.3 Å². The number of carbonyl (C=O) groups is 3. The Labute approximate surface area is 436 Å². The summed E-state index contributed by atoms with van der Waals surface area (Å²) in [6.45, 7) is 6.40. The summed E-state index contributed by atoms with van der Waals surface area (Å²) in [4.78, 5) is 37.9. The number of allylic oxidation sites excluding steroid dienone is 22. The van der Waals surface area contributed by atoms with E-state index in [-0.39, 0.29) is 31.1 Å². The third-order valence-electron chi connectivity index (χ3n) is 11.6. The van der Waals surface area contributed by atoms with Crippen molar-refractivity contribution in [2.75, 3.05) is 13.2 Å². The first-order valence-electron chi connectivity index (χ1n) is 28.7. The van der Waals surface area contributed by atoms with E-state index in [0.29, 0.717) is 19.3 Å². The molecule has 0 spiro atoms. The Bertz CT molecular complexity index is 1550. The van der Waals surface area contributed by atoms with E-state index in [2.05, 4.69) is 154 Å². The van der Waals surface area contributed by atoms with Crippen molar-refractivity contribution in [2.24, 2.45) is 0 Å². The third-order valence-corrected chi connectivity index (χ3v) is 11.6. The Hall–Kier alpha value is -4.45. The summed E-state index contributed by atoms with van der Waals surface area (Å²) in [6.07, 6.45) is 81.7. The molecule has 0 radical (unpaired) electrons. The van der Waals surface area contributed by atoms with Gasteiger partial charge in [-0.25, -0.2) is 0 Å². The number of hydrogen-bond acceptors (Lipinski definition) is 6. The average Bonchev–Trinajstić information content (AvgIpc) is 3.37. The summed E-state index contributed by atoms with van der Waals surface area (Å²) in [5.74, 6) is -0.956. The Morgan fingerprint density at radius 1 is 0.296 bits per heavy atom. The van der Waals surface area contributed by atoms with Crippen molar-refractivity contribution >= 4 is 17.9 Å². The highest BCUT2D eigenvalue weighted by Crippen LogP contribution is 2.13. The number of esters is 3. The standard InChI is InChI=1S/C65H104O6/c1-4-7-10-13-16-19-21-23-25-26-27-28-29-30-31-32-33-34-35-36-37-38-39-40-41-43-44-46-49-52-55-58-64(67)70-61-62(60-69-63(66)57-54-51-48-18-15-12-9-6-3)71-65(68)59-56-53-50-47-45-42-24-22-20-17-14-11-8-5-2/h7,10,14,16-17,19,22-25,27-28,30-31,33-34,36-37,39-40,43-44,62H,4-6,8-9,11-13,15,18,20-21,26,29,32,35,38,41-42,45-61H2,1-3H3/b10-7-,17-14-,19-16-,24-22-,25-23-,28-27-,31-30-,34-33-,37-36-,40-39-,44-43-. The fourth-order valence-electron chi connectivity index (χ4n) is 7.33. The zero-order valence-electron chi connectivity index (χ0n) is 45.7. The van der Waals surface area contributed by atoms with Gasteiger partial charge in [-0.05, 0) is 116 Å². The molecule has 0 aliphatic carbocycles. The molecule has 6 nitrogen and oxygen atoms in total. The van der Waals surface area contributed by atoms with Crippen LogP contribution < -0.4 is 0 Å². The highest BCUT2D eigenvalue weighted by atomic mass is 16.6. The number of hydrogen-bond donors (Lipinski definition) is 0. The molecule has 0 aromatic carbocycles. The predicted molar refractivity (Wildman–Crippen MR) is 306 cm³/mol. The minimum absolute atomic E-state index is 0.0970. The summed E-state index contributed by atoms with van der Waals surface area (Å²) in [5, 5.41) is 0. The van der Waals surface area contributed by atoms with Crippen LogP contribution in [0.25, 0.3) is 0 Å². The topological polar surface area (TPSA) is 78.9 Å². The Balaban J connectivity index is 4.29. The van der Waals surface area contributed by atoms with Crippen LogP contribution >= 0.6 is 0 Å². The second-order valence-electron chi connectivity index (χ2n) is 18.5. The van der Waals surface area contributed by atoms with Crippen LogP contribution in [0.5, 0.6) is 0 Å². The average molecular weight is 982 g/mol. The molecule has 0 saturated heterocycles. The summed E-state index contributed by atoms with van der Waals surface area (Å²) < 4.78 is 16.7. The predicted octanol–water partition coefficient (Wildman–Crippen LogP) is 19.4. The molecular formula is C65H104O6. The molecule has 71 heavy (non-hydrogen) atoms. The van der Waals surface area contributed by atoms with E-state index >= 15 is 0 Å². The van der Waals surface area contributed by atoms with E-state index in [4.69, 9.17) is 14.2 Å². The SMILES string of the molecule is CC/C=C\C/C=C\C/C=C\C/C=C\C/C=C\C/C=C\C/C=C\C/C=C\C/C=C\CCCCCC(=O)OCC(COC(=O)CCCCCCCCCC)OC(=O)CCCCCCC/C=C\C/C=C\CCCC. The number of rotatable bonds is 50. The monoisotopic (exact) mass is 981 g/mol. The molecule has 6 heteroatoms. The van der Waals surface area contributed by atoms with Crippen LogP contribution in [-0.4, -0.2) is 37.2 Å². The van der Waals surface area contributed by atoms with E-state index < -0.39 is 6.10 Å². The van der Waals surface area contributed by atoms with E-state index in [0.717, 1.165) is 148 Å². The molecule has 400 valence electrons. The van der Waals surface area contributed by atoms with Crippen LogP contribution in [-0.2, 0) is 28.6 Å². The normalized spacial score (nSPS) is 13.1. The lowest BCUT2D eigenvalue weighted by Gasteiger charge is -2.18. The molecule has 1 atom stereocenters. The zero-order chi connectivity index (χ0) is 51.4. The molecule has 0 heterocycles. The van der Waals surface area contributed by atoms with Crippen molar-refractivity contribution in [2.45, 2.75) is 245 Å². The van der Waals surface area contributed by atoms with Crippen LogP contribution in [0.1, 0.15) is 239 Å². The van der Waals surface area contributed by atoms with Crippen molar-refractivity contribution in [3.8, 4) is 0 Å². The van der Waals surface area contributed by atoms with Gasteiger partial charge in [0.2, 0.25) is 0 Å². The van der Waals surface area contributed by atoms with Gasteiger partial charge in [-0.2, -0.15) is 0 Å². The number of ether oxygens (including phenoxy) is 3. The highest BCUT2D eigenvalue weighted by molar-refractivity contribution is 5.71. The second kappa shape index (κ2) is 58.1. The summed E-state index contributed by atoms with van der Waals surface area (Å²) in [5.41, 5.74) is 0. The van der Waals surface area contributed by atoms with Gasteiger partial charge in [0.1, 0.15) is 13.2 Å². The largest absolute Gasteiger partial charge is 0.462 e. The molecule has 0 aliphatic rings. The second-order valence-corrected chi connectivity index (χ2v) is 18.5. The lowest BCUT2D eigenvalue weighted by Crippen LogP contribution is -2.30. The molecule has 0 fully saturated rings. The molecule has 0 N–H and O–H groups in total. The van der Waals surface area contributed by atoms with Crippen LogP contribution in [0, 0.1) is 0 Å². The van der Waals surface area contributed by atoms with E-state index in [9.17, 15) is 14.4 Å². The highest BCUT2D eigenvalue weighted by Gasteiger charge is 2.19. The van der Waals surface area contributed by atoms with Crippen LogP contribution in [0.2, 0.25) is 0 Å². The first kappa shape index (κ1) is 66.6. The summed E-state index contributed by atoms with van der Waals surface area (Å²) in [6, 6.07) is 0. The van der Waals surface area contributed by atoms with Crippen molar-refractivity contribution < 1.29 is 28.6 Å². The molecule has 1 unspecified atom stereocenters. The van der Waals surface area contributed by atoms with E-state index in [1.807, 2.05) is 0 Å². The molecule has 0 aromatic rings. The quantitative estimate of drug-likeness (QED) is 0.0262. The first-order chi connectivity index (χ1) is 35.0. The molecule has 0 saturated carbocycles. The lowest BCUT2D eigenvalue weighted by atomic mass is 10.1. The Morgan fingerprint density at radius 3 is 0.915 bits per heavy atom. The fourth-order valence-corrected chi connectivity index (χ4v) is 7.33. The van der Waals surface area contributed by atoms with Crippen molar-refractivity contribution in [3.05, 3.63) is 134 Å². The van der Waals surface area contributed by atoms with Gasteiger partial charge in [0.25, 0.3) is 0 Å². The van der Waals surface area contributed by atoms with Crippen molar-refractivity contribution in [3.63, 3.8) is 0 Å². The summed E-state index contributed by atoms with van der Waals surface area (Å²) >= 11 is 0.